The van der Waals surface area contributed by atoms with Crippen molar-refractivity contribution in [1.29, 1.82) is 0 Å². The molecule has 0 radical (unpaired) electrons. The maximum atomic E-state index is 12.3. The van der Waals surface area contributed by atoms with E-state index < -0.39 is 0 Å². The molecule has 0 aliphatic carbocycles. The van der Waals surface area contributed by atoms with Crippen LogP contribution in [-0.2, 0) is 4.79 Å². The van der Waals surface area contributed by atoms with Crippen molar-refractivity contribution in [1.82, 2.24) is 20.1 Å². The van der Waals surface area contributed by atoms with E-state index in [4.69, 9.17) is 0 Å². The average Bonchev–Trinajstić information content (AvgIpc) is 2.69. The van der Waals surface area contributed by atoms with Gasteiger partial charge in [-0.15, -0.1) is 22.0 Å². The fourth-order valence-electron chi connectivity index (χ4n) is 2.70. The molecule has 0 atom stereocenters. The maximum Gasteiger partial charge on any atom is 0.224 e. The van der Waals surface area contributed by atoms with Gasteiger partial charge in [0.05, 0.1) is 0 Å². The van der Waals surface area contributed by atoms with Gasteiger partial charge in [0.2, 0.25) is 5.91 Å². The lowest BCUT2D eigenvalue weighted by molar-refractivity contribution is -0.131. The topological polar surface area (TPSA) is 74.2 Å². The number of pyridine rings is 1. The molecule has 25 heavy (non-hydrogen) atoms. The van der Waals surface area contributed by atoms with E-state index in [1.165, 1.54) is 0 Å². The molecule has 0 saturated carbocycles. The van der Waals surface area contributed by atoms with Crippen molar-refractivity contribution in [3.8, 4) is 0 Å². The summed E-state index contributed by atoms with van der Waals surface area (Å²) in [6.07, 6.45) is 4.21. The molecule has 1 N–H and O–H groups in total. The molecule has 1 saturated heterocycles. The third kappa shape index (κ3) is 4.82. The Balaban J connectivity index is 1.40. The number of rotatable bonds is 6. The van der Waals surface area contributed by atoms with E-state index in [-0.39, 0.29) is 5.91 Å². The fraction of sp³-hybridized carbons (Fsp3) is 0.412. The number of carbonyl (C=O) groups excluding carboxylic acids is 1. The molecule has 0 bridgehead atoms. The van der Waals surface area contributed by atoms with Crippen LogP contribution in [0.15, 0.2) is 41.6 Å². The van der Waals surface area contributed by atoms with Crippen LogP contribution in [0.1, 0.15) is 6.42 Å². The SMILES string of the molecule is CSc1ccc(NCCC(=O)N2CCN(c3ccccn3)CC2)nn1. The van der Waals surface area contributed by atoms with Crippen molar-refractivity contribution in [3.05, 3.63) is 36.5 Å². The Kier molecular flexibility index (Phi) is 6.05. The maximum absolute atomic E-state index is 12.3. The lowest BCUT2D eigenvalue weighted by atomic mass is 10.2. The van der Waals surface area contributed by atoms with Gasteiger partial charge in [-0.25, -0.2) is 4.98 Å². The number of aromatic nitrogens is 3. The van der Waals surface area contributed by atoms with Crippen LogP contribution >= 0.6 is 11.8 Å². The Morgan fingerprint density at radius 2 is 2.00 bits per heavy atom. The molecule has 2 aromatic heterocycles. The monoisotopic (exact) mass is 358 g/mol. The summed E-state index contributed by atoms with van der Waals surface area (Å²) in [5.74, 6) is 1.84. The molecule has 2 aromatic rings. The van der Waals surface area contributed by atoms with Crippen LogP contribution in [-0.4, -0.2) is 65.0 Å². The number of amides is 1. The van der Waals surface area contributed by atoms with Crippen molar-refractivity contribution in [3.63, 3.8) is 0 Å². The van der Waals surface area contributed by atoms with Gasteiger partial charge in [0, 0.05) is 45.3 Å². The molecule has 132 valence electrons. The highest BCUT2D eigenvalue weighted by molar-refractivity contribution is 7.98. The first-order valence-corrected chi connectivity index (χ1v) is 9.54. The minimum Gasteiger partial charge on any atom is -0.368 e. The van der Waals surface area contributed by atoms with E-state index in [0.29, 0.717) is 18.8 Å². The van der Waals surface area contributed by atoms with Crippen molar-refractivity contribution in [2.45, 2.75) is 11.4 Å². The van der Waals surface area contributed by atoms with Gasteiger partial charge in [-0.3, -0.25) is 4.79 Å². The molecule has 0 aromatic carbocycles. The summed E-state index contributed by atoms with van der Waals surface area (Å²) in [5, 5.41) is 12.2. The highest BCUT2D eigenvalue weighted by Gasteiger charge is 2.21. The van der Waals surface area contributed by atoms with Gasteiger partial charge in [0.1, 0.15) is 16.7 Å². The van der Waals surface area contributed by atoms with Crippen LogP contribution in [0, 0.1) is 0 Å². The number of hydrogen-bond donors (Lipinski definition) is 1. The first kappa shape index (κ1) is 17.5. The first-order chi connectivity index (χ1) is 12.3. The predicted octanol–water partition coefficient (Wildman–Crippen LogP) is 1.74. The van der Waals surface area contributed by atoms with Crippen LogP contribution in [0.5, 0.6) is 0 Å². The third-order valence-electron chi connectivity index (χ3n) is 4.10. The number of nitrogens with one attached hydrogen (secondary N) is 1. The summed E-state index contributed by atoms with van der Waals surface area (Å²) in [5.41, 5.74) is 0. The minimum absolute atomic E-state index is 0.168. The number of carbonyl (C=O) groups is 1. The molecule has 1 fully saturated rings. The molecule has 1 aliphatic heterocycles. The van der Waals surface area contributed by atoms with Gasteiger partial charge in [-0.2, -0.15) is 0 Å². The number of anilines is 2. The van der Waals surface area contributed by atoms with Crippen molar-refractivity contribution >= 4 is 29.3 Å². The van der Waals surface area contributed by atoms with Crippen LogP contribution in [0.25, 0.3) is 0 Å². The van der Waals surface area contributed by atoms with Crippen molar-refractivity contribution in [2.24, 2.45) is 0 Å². The number of nitrogens with zero attached hydrogens (tertiary/aromatic N) is 5. The van der Waals surface area contributed by atoms with E-state index in [1.807, 2.05) is 41.5 Å². The highest BCUT2D eigenvalue weighted by Crippen LogP contribution is 2.13. The van der Waals surface area contributed by atoms with Gasteiger partial charge >= 0.3 is 0 Å². The zero-order valence-electron chi connectivity index (χ0n) is 14.3. The normalized spacial score (nSPS) is 14.4. The second kappa shape index (κ2) is 8.66. The summed E-state index contributed by atoms with van der Waals surface area (Å²) in [4.78, 5) is 20.8. The standard InChI is InChI=1S/C17H22N6OS/c1-25-16-6-5-14(20-21-16)18-9-7-17(24)23-12-10-22(11-13-23)15-4-2-3-8-19-15/h2-6,8H,7,9-13H2,1H3,(H,18,20). The van der Waals surface area contributed by atoms with Gasteiger partial charge in [0.15, 0.2) is 0 Å². The predicted molar refractivity (Wildman–Crippen MR) is 99.9 cm³/mol. The number of hydrogen-bond acceptors (Lipinski definition) is 7. The first-order valence-electron chi connectivity index (χ1n) is 8.31. The van der Waals surface area contributed by atoms with E-state index in [1.54, 1.807) is 18.0 Å². The quantitative estimate of drug-likeness (QED) is 0.789. The van der Waals surface area contributed by atoms with Crippen LogP contribution in [0.4, 0.5) is 11.6 Å². The zero-order valence-corrected chi connectivity index (χ0v) is 15.1. The molecular formula is C17H22N6OS. The van der Waals surface area contributed by atoms with Gasteiger partial charge in [-0.05, 0) is 30.5 Å². The van der Waals surface area contributed by atoms with Crippen LogP contribution in [0.2, 0.25) is 0 Å². The molecule has 1 aliphatic rings. The Morgan fingerprint density at radius 1 is 1.16 bits per heavy atom. The Bertz CT molecular complexity index is 673. The molecule has 8 heteroatoms. The van der Waals surface area contributed by atoms with Crippen molar-refractivity contribution in [2.75, 3.05) is 49.2 Å². The molecule has 7 nitrogen and oxygen atoms in total. The third-order valence-corrected chi connectivity index (χ3v) is 4.74. The molecule has 0 unspecified atom stereocenters. The molecule has 3 rings (SSSR count). The molecule has 0 spiro atoms. The number of piperazine rings is 1. The smallest absolute Gasteiger partial charge is 0.224 e. The Hall–Kier alpha value is -2.35. The number of thioether (sulfide) groups is 1. The van der Waals surface area contributed by atoms with E-state index in [9.17, 15) is 4.79 Å². The van der Waals surface area contributed by atoms with Gasteiger partial charge < -0.3 is 15.1 Å². The lowest BCUT2D eigenvalue weighted by Gasteiger charge is -2.35. The van der Waals surface area contributed by atoms with Gasteiger partial charge in [-0.1, -0.05) is 6.07 Å². The lowest BCUT2D eigenvalue weighted by Crippen LogP contribution is -2.49. The Labute approximate surface area is 151 Å². The molecule has 1 amide bonds. The average molecular weight is 358 g/mol. The zero-order chi connectivity index (χ0) is 17.5. The minimum atomic E-state index is 0.168. The largest absolute Gasteiger partial charge is 0.368 e. The van der Waals surface area contributed by atoms with E-state index in [0.717, 1.165) is 37.0 Å². The Morgan fingerprint density at radius 3 is 2.64 bits per heavy atom. The van der Waals surface area contributed by atoms with E-state index >= 15 is 0 Å². The van der Waals surface area contributed by atoms with Crippen LogP contribution in [0.3, 0.4) is 0 Å². The fourth-order valence-corrected chi connectivity index (χ4v) is 3.03. The van der Waals surface area contributed by atoms with E-state index in [2.05, 4.69) is 25.4 Å². The summed E-state index contributed by atoms with van der Waals surface area (Å²) >= 11 is 1.55. The summed E-state index contributed by atoms with van der Waals surface area (Å²) in [7, 11) is 0. The second-order valence-corrected chi connectivity index (χ2v) is 6.52. The second-order valence-electron chi connectivity index (χ2n) is 5.69. The summed E-state index contributed by atoms with van der Waals surface area (Å²) in [6.45, 7) is 3.66. The molecular weight excluding hydrogens is 336 g/mol. The van der Waals surface area contributed by atoms with Crippen LogP contribution < -0.4 is 10.2 Å². The van der Waals surface area contributed by atoms with Crippen molar-refractivity contribution < 1.29 is 4.79 Å². The van der Waals surface area contributed by atoms with Gasteiger partial charge in [0.25, 0.3) is 0 Å². The molecule has 3 heterocycles. The summed E-state index contributed by atoms with van der Waals surface area (Å²) < 4.78 is 0. The highest BCUT2D eigenvalue weighted by atomic mass is 32.2. The summed E-state index contributed by atoms with van der Waals surface area (Å²) in [6, 6.07) is 9.70.